The Bertz CT molecular complexity index is 430. The number of ether oxygens (including phenoxy) is 1. The maximum absolute atomic E-state index is 11.7. The van der Waals surface area contributed by atoms with E-state index in [0.29, 0.717) is 23.7 Å². The summed E-state index contributed by atoms with van der Waals surface area (Å²) < 4.78 is 4.95. The summed E-state index contributed by atoms with van der Waals surface area (Å²) in [6.45, 7) is 3.01. The summed E-state index contributed by atoms with van der Waals surface area (Å²) in [5, 5.41) is 3.24. The zero-order valence-electron chi connectivity index (χ0n) is 10.6. The van der Waals surface area contributed by atoms with Crippen LogP contribution in [0.4, 0.5) is 11.5 Å². The van der Waals surface area contributed by atoms with Gasteiger partial charge < -0.3 is 15.8 Å². The second kappa shape index (κ2) is 5.71. The standard InChI is InChI=1S/C13H19N3O2/c1-2-18-13(17)10-6-12(16-8-11(10)14)15-7-9-4-3-5-9/h6,8-9H,2-5,7,14H2,1H3,(H,15,16). The first kappa shape index (κ1) is 12.7. The Morgan fingerprint density at radius 3 is 3.00 bits per heavy atom. The van der Waals surface area contributed by atoms with Crippen molar-refractivity contribution in [2.24, 2.45) is 5.92 Å². The van der Waals surface area contributed by atoms with Gasteiger partial charge in [0.2, 0.25) is 0 Å². The van der Waals surface area contributed by atoms with Gasteiger partial charge in [-0.25, -0.2) is 9.78 Å². The molecule has 0 spiro atoms. The molecule has 1 saturated carbocycles. The van der Waals surface area contributed by atoms with Crippen molar-refractivity contribution in [3.63, 3.8) is 0 Å². The minimum atomic E-state index is -0.399. The van der Waals surface area contributed by atoms with Crippen LogP contribution < -0.4 is 11.1 Å². The predicted molar refractivity (Wildman–Crippen MR) is 70.4 cm³/mol. The fourth-order valence-electron chi connectivity index (χ4n) is 1.89. The van der Waals surface area contributed by atoms with Crippen LogP contribution >= 0.6 is 0 Å². The van der Waals surface area contributed by atoms with Crippen LogP contribution in [0.5, 0.6) is 0 Å². The summed E-state index contributed by atoms with van der Waals surface area (Å²) in [5.41, 5.74) is 6.45. The number of nitrogens with two attached hydrogens (primary N) is 1. The van der Waals surface area contributed by atoms with Crippen molar-refractivity contribution < 1.29 is 9.53 Å². The molecule has 1 aromatic heterocycles. The third-order valence-electron chi connectivity index (χ3n) is 3.23. The maximum atomic E-state index is 11.7. The van der Waals surface area contributed by atoms with E-state index >= 15 is 0 Å². The molecule has 0 amide bonds. The van der Waals surface area contributed by atoms with Crippen molar-refractivity contribution in [2.45, 2.75) is 26.2 Å². The van der Waals surface area contributed by atoms with Crippen LogP contribution in [0.3, 0.4) is 0 Å². The molecule has 2 rings (SSSR count). The average molecular weight is 249 g/mol. The van der Waals surface area contributed by atoms with Crippen LogP contribution in [0.25, 0.3) is 0 Å². The number of aromatic nitrogens is 1. The van der Waals surface area contributed by atoms with E-state index in [0.717, 1.165) is 12.5 Å². The molecule has 0 radical (unpaired) electrons. The molecular weight excluding hydrogens is 230 g/mol. The van der Waals surface area contributed by atoms with Gasteiger partial charge in [0, 0.05) is 6.54 Å². The van der Waals surface area contributed by atoms with Crippen LogP contribution in [0.2, 0.25) is 0 Å². The van der Waals surface area contributed by atoms with E-state index < -0.39 is 5.97 Å². The van der Waals surface area contributed by atoms with Gasteiger partial charge in [-0.05, 0) is 31.7 Å². The number of anilines is 2. The fourth-order valence-corrected chi connectivity index (χ4v) is 1.89. The van der Waals surface area contributed by atoms with Crippen LogP contribution in [0.1, 0.15) is 36.5 Å². The monoisotopic (exact) mass is 249 g/mol. The Morgan fingerprint density at radius 1 is 1.61 bits per heavy atom. The smallest absolute Gasteiger partial charge is 0.340 e. The van der Waals surface area contributed by atoms with Gasteiger partial charge in [-0.1, -0.05) is 6.42 Å². The average Bonchev–Trinajstić information content (AvgIpc) is 2.29. The molecule has 0 atom stereocenters. The van der Waals surface area contributed by atoms with Crippen molar-refractivity contribution in [3.8, 4) is 0 Å². The van der Waals surface area contributed by atoms with Crippen molar-refractivity contribution in [1.82, 2.24) is 4.98 Å². The zero-order valence-corrected chi connectivity index (χ0v) is 10.6. The Kier molecular flexibility index (Phi) is 4.02. The lowest BCUT2D eigenvalue weighted by molar-refractivity contribution is 0.0527. The molecule has 1 fully saturated rings. The second-order valence-electron chi connectivity index (χ2n) is 4.56. The summed E-state index contributed by atoms with van der Waals surface area (Å²) in [5.74, 6) is 1.01. The van der Waals surface area contributed by atoms with E-state index in [1.54, 1.807) is 13.0 Å². The fraction of sp³-hybridized carbons (Fsp3) is 0.538. The number of carbonyl (C=O) groups is 1. The number of nitrogens with zero attached hydrogens (tertiary/aromatic N) is 1. The minimum absolute atomic E-state index is 0.339. The number of nitrogen functional groups attached to an aromatic ring is 1. The highest BCUT2D eigenvalue weighted by Gasteiger charge is 2.17. The van der Waals surface area contributed by atoms with Gasteiger partial charge >= 0.3 is 5.97 Å². The zero-order chi connectivity index (χ0) is 13.0. The molecule has 1 aliphatic carbocycles. The van der Waals surface area contributed by atoms with Crippen molar-refractivity contribution in [3.05, 3.63) is 17.8 Å². The van der Waals surface area contributed by atoms with E-state index in [9.17, 15) is 4.79 Å². The molecule has 18 heavy (non-hydrogen) atoms. The first-order chi connectivity index (χ1) is 8.70. The number of rotatable bonds is 5. The molecule has 5 nitrogen and oxygen atoms in total. The Hall–Kier alpha value is -1.78. The lowest BCUT2D eigenvalue weighted by Crippen LogP contribution is -2.21. The van der Waals surface area contributed by atoms with Crippen molar-refractivity contribution in [1.29, 1.82) is 0 Å². The topological polar surface area (TPSA) is 77.2 Å². The highest BCUT2D eigenvalue weighted by atomic mass is 16.5. The van der Waals surface area contributed by atoms with E-state index in [1.807, 2.05) is 0 Å². The number of hydrogen-bond donors (Lipinski definition) is 2. The van der Waals surface area contributed by atoms with E-state index in [2.05, 4.69) is 10.3 Å². The molecule has 0 aromatic carbocycles. The Labute approximate surface area is 107 Å². The summed E-state index contributed by atoms with van der Waals surface area (Å²) >= 11 is 0. The van der Waals surface area contributed by atoms with Gasteiger partial charge in [-0.2, -0.15) is 0 Å². The van der Waals surface area contributed by atoms with Gasteiger partial charge in [-0.15, -0.1) is 0 Å². The molecule has 0 unspecified atom stereocenters. The van der Waals surface area contributed by atoms with E-state index in [-0.39, 0.29) is 0 Å². The van der Waals surface area contributed by atoms with Crippen LogP contribution in [0.15, 0.2) is 12.3 Å². The number of nitrogens with one attached hydrogen (secondary N) is 1. The first-order valence-electron chi connectivity index (χ1n) is 6.37. The molecule has 0 bridgehead atoms. The molecule has 1 aromatic rings. The van der Waals surface area contributed by atoms with Crippen LogP contribution in [0, 0.1) is 5.92 Å². The highest BCUT2D eigenvalue weighted by Crippen LogP contribution is 2.26. The lowest BCUT2D eigenvalue weighted by Gasteiger charge is -2.25. The number of carbonyl (C=O) groups excluding carboxylic acids is 1. The third-order valence-corrected chi connectivity index (χ3v) is 3.23. The summed E-state index contributed by atoms with van der Waals surface area (Å²) in [6.07, 6.45) is 5.35. The van der Waals surface area contributed by atoms with Gasteiger partial charge in [0.05, 0.1) is 24.1 Å². The van der Waals surface area contributed by atoms with E-state index in [4.69, 9.17) is 10.5 Å². The molecular formula is C13H19N3O2. The van der Waals surface area contributed by atoms with Crippen molar-refractivity contribution >= 4 is 17.5 Å². The summed E-state index contributed by atoms with van der Waals surface area (Å²) in [7, 11) is 0. The largest absolute Gasteiger partial charge is 0.462 e. The van der Waals surface area contributed by atoms with Gasteiger partial charge in [0.15, 0.2) is 0 Å². The van der Waals surface area contributed by atoms with Gasteiger partial charge in [-0.3, -0.25) is 0 Å². The summed E-state index contributed by atoms with van der Waals surface area (Å²) in [4.78, 5) is 15.8. The lowest BCUT2D eigenvalue weighted by atomic mass is 9.85. The molecule has 1 heterocycles. The number of esters is 1. The molecule has 98 valence electrons. The summed E-state index contributed by atoms with van der Waals surface area (Å²) in [6, 6.07) is 1.66. The SMILES string of the molecule is CCOC(=O)c1cc(NCC2CCC2)ncc1N. The third kappa shape index (κ3) is 2.91. The Morgan fingerprint density at radius 2 is 2.39 bits per heavy atom. The van der Waals surface area contributed by atoms with Gasteiger partial charge in [0.1, 0.15) is 5.82 Å². The molecule has 0 saturated heterocycles. The molecule has 5 heteroatoms. The molecule has 1 aliphatic rings. The maximum Gasteiger partial charge on any atom is 0.340 e. The number of pyridine rings is 1. The van der Waals surface area contributed by atoms with E-state index in [1.165, 1.54) is 25.5 Å². The van der Waals surface area contributed by atoms with Crippen LogP contribution in [-0.2, 0) is 4.74 Å². The second-order valence-corrected chi connectivity index (χ2v) is 4.56. The van der Waals surface area contributed by atoms with Crippen LogP contribution in [-0.4, -0.2) is 24.1 Å². The normalized spacial score (nSPS) is 14.9. The predicted octanol–water partition coefficient (Wildman–Crippen LogP) is 2.05. The minimum Gasteiger partial charge on any atom is -0.462 e. The van der Waals surface area contributed by atoms with Crippen molar-refractivity contribution in [2.75, 3.05) is 24.2 Å². The first-order valence-corrected chi connectivity index (χ1v) is 6.37. The quantitative estimate of drug-likeness (QED) is 0.781. The molecule has 3 N–H and O–H groups in total. The highest BCUT2D eigenvalue weighted by molar-refractivity contribution is 5.95. The number of hydrogen-bond acceptors (Lipinski definition) is 5. The molecule has 0 aliphatic heterocycles. The Balaban J connectivity index is 2.02. The van der Waals surface area contributed by atoms with Gasteiger partial charge in [0.25, 0.3) is 0 Å².